The molecule has 0 atom stereocenters. The number of allylic oxidation sites excluding steroid dienone is 2. The van der Waals surface area contributed by atoms with Gasteiger partial charge < -0.3 is 0 Å². The van der Waals surface area contributed by atoms with E-state index in [0.717, 1.165) is 5.32 Å². The number of benzene rings is 6. The molecule has 0 bridgehead atoms. The molecule has 0 spiro atoms. The van der Waals surface area contributed by atoms with E-state index in [1.165, 1.54) is 52.4 Å². The van der Waals surface area contributed by atoms with Gasteiger partial charge in [-0.05, 0) is 0 Å². The molecule has 0 nitrogen and oxygen atoms in total. The summed E-state index contributed by atoms with van der Waals surface area (Å²) in [4.78, 5) is 0. The van der Waals surface area contributed by atoms with Gasteiger partial charge in [0.05, 0.1) is 0 Å². The van der Waals surface area contributed by atoms with Crippen molar-refractivity contribution in [1.82, 2.24) is 0 Å². The molecule has 0 saturated carbocycles. The van der Waals surface area contributed by atoms with Crippen LogP contribution in [-0.2, 0) is 0 Å². The zero-order chi connectivity index (χ0) is 29.1. The van der Waals surface area contributed by atoms with Gasteiger partial charge in [0, 0.05) is 0 Å². The first kappa shape index (κ1) is 28.9. The monoisotopic (exact) mass is 684 g/mol. The molecule has 0 aliphatic heterocycles. The molecular formula is C41H32Se2. The summed E-state index contributed by atoms with van der Waals surface area (Å²) < 4.78 is 4.23. The normalized spacial score (nSPS) is 10.6. The summed E-state index contributed by atoms with van der Waals surface area (Å²) in [5.41, 5.74) is 9.12. The molecule has 0 aromatic heterocycles. The Morgan fingerprint density at radius 1 is 0.349 bits per heavy atom. The van der Waals surface area contributed by atoms with Crippen molar-refractivity contribution in [2.24, 2.45) is 0 Å². The molecule has 0 N–H and O–H groups in total. The summed E-state index contributed by atoms with van der Waals surface area (Å²) >= 11 is 0.307. The van der Waals surface area contributed by atoms with Crippen LogP contribution in [0.2, 0.25) is 5.32 Å². The molecule has 0 heterocycles. The Balaban J connectivity index is 1.71. The van der Waals surface area contributed by atoms with Crippen LogP contribution in [0.4, 0.5) is 0 Å². The average Bonchev–Trinajstić information content (AvgIpc) is 3.09. The van der Waals surface area contributed by atoms with E-state index in [1.807, 2.05) is 0 Å². The third-order valence-electron chi connectivity index (χ3n) is 7.14. The van der Waals surface area contributed by atoms with E-state index in [9.17, 15) is 0 Å². The van der Waals surface area contributed by atoms with Crippen LogP contribution in [-0.4, -0.2) is 29.9 Å². The van der Waals surface area contributed by atoms with Crippen molar-refractivity contribution in [3.8, 4) is 0 Å². The van der Waals surface area contributed by atoms with Crippen molar-refractivity contribution in [3.63, 3.8) is 0 Å². The van der Waals surface area contributed by atoms with Crippen LogP contribution < -0.4 is 8.92 Å². The fourth-order valence-corrected chi connectivity index (χ4v) is 10.1. The van der Waals surface area contributed by atoms with Crippen LogP contribution in [0.3, 0.4) is 0 Å². The predicted molar refractivity (Wildman–Crippen MR) is 186 cm³/mol. The van der Waals surface area contributed by atoms with Crippen LogP contribution in [0.15, 0.2) is 192 Å². The van der Waals surface area contributed by atoms with Crippen molar-refractivity contribution < 1.29 is 0 Å². The second-order valence-electron chi connectivity index (χ2n) is 10.0. The summed E-state index contributed by atoms with van der Waals surface area (Å²) in [5.74, 6) is 0. The maximum absolute atomic E-state index is 2.29. The van der Waals surface area contributed by atoms with Crippen LogP contribution in [0, 0.1) is 0 Å². The molecule has 0 radical (unpaired) electrons. The molecule has 0 unspecified atom stereocenters. The Hall–Kier alpha value is -4.16. The Labute approximate surface area is 268 Å². The number of rotatable bonds is 10. The quantitative estimate of drug-likeness (QED) is 0.101. The molecule has 208 valence electrons. The summed E-state index contributed by atoms with van der Waals surface area (Å²) in [6, 6.07) is 66.0. The van der Waals surface area contributed by atoms with E-state index in [2.05, 4.69) is 182 Å². The fourth-order valence-electron chi connectivity index (χ4n) is 5.16. The van der Waals surface area contributed by atoms with Crippen molar-refractivity contribution >= 4 is 50.0 Å². The van der Waals surface area contributed by atoms with Crippen LogP contribution >= 0.6 is 0 Å². The first-order valence-electron chi connectivity index (χ1n) is 14.5. The molecule has 43 heavy (non-hydrogen) atoms. The standard InChI is InChI=1S/C41H32Se2/c1-7-19-32(20-8-1)39(33-21-9-2-10-22-33)38(31-42-36-27-15-5-16-28-36)41(43-37-29-17-6-18-30-37)40(34-23-11-3-12-24-34)35-25-13-4-14-26-35/h1-30H,31H2. The summed E-state index contributed by atoms with van der Waals surface area (Å²) in [5, 5.41) is 0.989. The van der Waals surface area contributed by atoms with Gasteiger partial charge >= 0.3 is 270 Å². The van der Waals surface area contributed by atoms with Crippen molar-refractivity contribution in [2.45, 2.75) is 5.32 Å². The van der Waals surface area contributed by atoms with Crippen molar-refractivity contribution in [1.29, 1.82) is 0 Å². The summed E-state index contributed by atoms with van der Waals surface area (Å²) in [6.45, 7) is 0. The summed E-state index contributed by atoms with van der Waals surface area (Å²) in [6.07, 6.45) is 0. The van der Waals surface area contributed by atoms with Crippen LogP contribution in [0.25, 0.3) is 11.1 Å². The first-order chi connectivity index (χ1) is 21.4. The van der Waals surface area contributed by atoms with Gasteiger partial charge in [0.25, 0.3) is 0 Å². The van der Waals surface area contributed by atoms with Gasteiger partial charge in [-0.15, -0.1) is 0 Å². The van der Waals surface area contributed by atoms with Gasteiger partial charge in [-0.2, -0.15) is 0 Å². The van der Waals surface area contributed by atoms with Gasteiger partial charge in [-0.3, -0.25) is 0 Å². The second kappa shape index (κ2) is 14.8. The van der Waals surface area contributed by atoms with Crippen LogP contribution in [0.1, 0.15) is 22.3 Å². The van der Waals surface area contributed by atoms with Gasteiger partial charge in [0.2, 0.25) is 0 Å². The minimum absolute atomic E-state index is 0.0548. The van der Waals surface area contributed by atoms with Gasteiger partial charge in [-0.25, -0.2) is 0 Å². The van der Waals surface area contributed by atoms with E-state index in [4.69, 9.17) is 0 Å². The Morgan fingerprint density at radius 3 is 1.07 bits per heavy atom. The molecular weight excluding hydrogens is 650 g/mol. The minimum atomic E-state index is 0.0548. The zero-order valence-corrected chi connectivity index (χ0v) is 27.3. The molecule has 6 aromatic rings. The third-order valence-corrected chi connectivity index (χ3v) is 11.8. The van der Waals surface area contributed by atoms with Gasteiger partial charge in [-0.1, -0.05) is 0 Å². The molecule has 6 rings (SSSR count). The topological polar surface area (TPSA) is 0 Å². The van der Waals surface area contributed by atoms with E-state index < -0.39 is 0 Å². The maximum atomic E-state index is 2.29. The van der Waals surface area contributed by atoms with Crippen LogP contribution in [0.5, 0.6) is 0 Å². The Bertz CT molecular complexity index is 1690. The first-order valence-corrected chi connectivity index (χ1v) is 18.2. The third kappa shape index (κ3) is 7.44. The molecule has 0 fully saturated rings. The number of hydrogen-bond donors (Lipinski definition) is 0. The van der Waals surface area contributed by atoms with Gasteiger partial charge in [0.15, 0.2) is 0 Å². The Kier molecular flexibility index (Phi) is 9.98. The second-order valence-corrected chi connectivity index (χ2v) is 14.5. The van der Waals surface area contributed by atoms with Crippen molar-refractivity contribution in [2.75, 3.05) is 0 Å². The molecule has 0 aliphatic carbocycles. The van der Waals surface area contributed by atoms with Crippen molar-refractivity contribution in [3.05, 3.63) is 214 Å². The SMILES string of the molecule is c1ccc([Se]CC(C([Se]c2ccccc2)=C(c2ccccc2)c2ccccc2)=C(c2ccccc2)c2ccccc2)cc1. The molecule has 0 amide bonds. The summed E-state index contributed by atoms with van der Waals surface area (Å²) in [7, 11) is 0. The molecule has 2 heteroatoms. The van der Waals surface area contributed by atoms with E-state index in [-0.39, 0.29) is 29.9 Å². The Morgan fingerprint density at radius 2 is 0.674 bits per heavy atom. The van der Waals surface area contributed by atoms with Gasteiger partial charge in [0.1, 0.15) is 0 Å². The van der Waals surface area contributed by atoms with E-state index >= 15 is 0 Å². The molecule has 0 saturated heterocycles. The molecule has 6 aromatic carbocycles. The zero-order valence-electron chi connectivity index (χ0n) is 23.8. The van der Waals surface area contributed by atoms with E-state index in [1.54, 1.807) is 0 Å². The van der Waals surface area contributed by atoms with E-state index in [0.29, 0.717) is 0 Å². The molecule has 0 aliphatic rings. The fraction of sp³-hybridized carbons (Fsp3) is 0.0244. The number of hydrogen-bond acceptors (Lipinski definition) is 0. The predicted octanol–water partition coefficient (Wildman–Crippen LogP) is 8.43. The average molecular weight is 683 g/mol.